The van der Waals surface area contributed by atoms with Gasteiger partial charge in [0.25, 0.3) is 0 Å². The molecule has 17 heavy (non-hydrogen) atoms. The molecule has 1 aliphatic heterocycles. The summed E-state index contributed by atoms with van der Waals surface area (Å²) in [6.45, 7) is 3.65. The number of aryl methyl sites for hydroxylation is 1. The summed E-state index contributed by atoms with van der Waals surface area (Å²) in [6.07, 6.45) is 4.95. The van der Waals surface area contributed by atoms with Gasteiger partial charge in [-0.05, 0) is 18.9 Å². The van der Waals surface area contributed by atoms with Gasteiger partial charge in [-0.2, -0.15) is 0 Å². The third-order valence-electron chi connectivity index (χ3n) is 3.58. The van der Waals surface area contributed by atoms with E-state index in [1.54, 1.807) is 7.11 Å². The van der Waals surface area contributed by atoms with E-state index in [0.29, 0.717) is 12.5 Å². The Balaban J connectivity index is 2.03. The molecule has 1 saturated heterocycles. The molecule has 1 aromatic rings. The fourth-order valence-electron chi connectivity index (χ4n) is 2.66. The van der Waals surface area contributed by atoms with Gasteiger partial charge in [0, 0.05) is 33.4 Å². The van der Waals surface area contributed by atoms with Crippen LogP contribution in [0.25, 0.3) is 0 Å². The van der Waals surface area contributed by atoms with Crippen LogP contribution in [0.1, 0.15) is 18.2 Å². The Morgan fingerprint density at radius 3 is 3.06 bits per heavy atom. The molecule has 2 rings (SSSR count). The molecule has 2 atom stereocenters. The monoisotopic (exact) mass is 238 g/mol. The summed E-state index contributed by atoms with van der Waals surface area (Å²) in [5, 5.41) is 0. The van der Waals surface area contributed by atoms with Crippen LogP contribution in [0, 0.1) is 5.92 Å². The van der Waals surface area contributed by atoms with Gasteiger partial charge in [0.05, 0.1) is 24.7 Å². The van der Waals surface area contributed by atoms with Gasteiger partial charge in [-0.1, -0.05) is 0 Å². The second kappa shape index (κ2) is 5.62. The van der Waals surface area contributed by atoms with Crippen molar-refractivity contribution in [2.24, 2.45) is 18.7 Å². The number of likely N-dealkylation sites (tertiary alicyclic amines) is 1. The van der Waals surface area contributed by atoms with Crippen molar-refractivity contribution < 1.29 is 4.74 Å². The number of aromatic nitrogens is 2. The Bertz CT molecular complexity index is 352. The average molecular weight is 238 g/mol. The van der Waals surface area contributed by atoms with Crippen LogP contribution in [0.4, 0.5) is 0 Å². The summed E-state index contributed by atoms with van der Waals surface area (Å²) in [5.74, 6) is 0.641. The summed E-state index contributed by atoms with van der Waals surface area (Å²) < 4.78 is 7.28. The zero-order valence-corrected chi connectivity index (χ0v) is 10.7. The molecular formula is C12H22N4O. The van der Waals surface area contributed by atoms with E-state index in [9.17, 15) is 0 Å². The first-order valence-electron chi connectivity index (χ1n) is 6.15. The first-order valence-corrected chi connectivity index (χ1v) is 6.15. The van der Waals surface area contributed by atoms with E-state index in [0.717, 1.165) is 19.7 Å². The van der Waals surface area contributed by atoms with Crippen molar-refractivity contribution in [3.05, 3.63) is 18.2 Å². The second-order valence-electron chi connectivity index (χ2n) is 4.79. The summed E-state index contributed by atoms with van der Waals surface area (Å²) >= 11 is 0. The predicted octanol–water partition coefficient (Wildman–Crippen LogP) is 0.388. The lowest BCUT2D eigenvalue weighted by Crippen LogP contribution is -2.33. The lowest BCUT2D eigenvalue weighted by molar-refractivity contribution is 0.146. The summed E-state index contributed by atoms with van der Waals surface area (Å²) in [6, 6.07) is 0.282. The molecule has 96 valence electrons. The maximum atomic E-state index is 5.92. The van der Waals surface area contributed by atoms with Crippen LogP contribution in [0.3, 0.4) is 0 Å². The highest BCUT2D eigenvalue weighted by atomic mass is 16.5. The number of nitrogens with two attached hydrogens (primary N) is 1. The van der Waals surface area contributed by atoms with E-state index in [-0.39, 0.29) is 6.04 Å². The molecule has 2 unspecified atom stereocenters. The van der Waals surface area contributed by atoms with Crippen molar-refractivity contribution in [3.8, 4) is 0 Å². The highest BCUT2D eigenvalue weighted by molar-refractivity contribution is 5.07. The predicted molar refractivity (Wildman–Crippen MR) is 66.6 cm³/mol. The number of hydrogen-bond acceptors (Lipinski definition) is 4. The summed E-state index contributed by atoms with van der Waals surface area (Å²) in [5.41, 5.74) is 7.12. The van der Waals surface area contributed by atoms with Crippen LogP contribution >= 0.6 is 0 Å². The van der Waals surface area contributed by atoms with Gasteiger partial charge in [-0.15, -0.1) is 0 Å². The zero-order chi connectivity index (χ0) is 12.3. The molecule has 2 heterocycles. The van der Waals surface area contributed by atoms with Crippen molar-refractivity contribution >= 4 is 0 Å². The van der Waals surface area contributed by atoms with Crippen LogP contribution in [-0.4, -0.2) is 47.8 Å². The molecule has 0 bridgehead atoms. The molecular weight excluding hydrogens is 216 g/mol. The minimum atomic E-state index is 0.282. The SMILES string of the molecule is COCC1CCN(C(CN)c2cncn2C)C1. The summed E-state index contributed by atoms with van der Waals surface area (Å²) in [4.78, 5) is 6.62. The van der Waals surface area contributed by atoms with Crippen LogP contribution in [0.15, 0.2) is 12.5 Å². The second-order valence-corrected chi connectivity index (χ2v) is 4.79. The number of nitrogens with zero attached hydrogens (tertiary/aromatic N) is 3. The van der Waals surface area contributed by atoms with Crippen LogP contribution in [0.2, 0.25) is 0 Å². The Morgan fingerprint density at radius 1 is 1.65 bits per heavy atom. The minimum Gasteiger partial charge on any atom is -0.384 e. The zero-order valence-electron chi connectivity index (χ0n) is 10.7. The Labute approximate surface area is 103 Å². The van der Waals surface area contributed by atoms with Gasteiger partial charge in [0.2, 0.25) is 0 Å². The first-order chi connectivity index (χ1) is 8.26. The molecule has 0 aromatic carbocycles. The lowest BCUT2D eigenvalue weighted by atomic mass is 10.1. The average Bonchev–Trinajstić information content (AvgIpc) is 2.92. The van der Waals surface area contributed by atoms with Crippen LogP contribution in [0.5, 0.6) is 0 Å². The highest BCUT2D eigenvalue weighted by Gasteiger charge is 2.29. The standard InChI is InChI=1S/C12H22N4O/c1-15-9-14-6-12(15)11(5-13)16-4-3-10(7-16)8-17-2/h6,9-11H,3-5,7-8,13H2,1-2H3. The fourth-order valence-corrected chi connectivity index (χ4v) is 2.66. The quantitative estimate of drug-likeness (QED) is 0.806. The molecule has 0 saturated carbocycles. The van der Waals surface area contributed by atoms with Crippen LogP contribution < -0.4 is 5.73 Å². The van der Waals surface area contributed by atoms with Gasteiger partial charge in [0.15, 0.2) is 0 Å². The van der Waals surface area contributed by atoms with Gasteiger partial charge in [0.1, 0.15) is 0 Å². The number of imidazole rings is 1. The third kappa shape index (κ3) is 2.68. The van der Waals surface area contributed by atoms with E-state index in [1.807, 2.05) is 19.6 Å². The molecule has 0 amide bonds. The molecule has 5 heteroatoms. The fraction of sp³-hybridized carbons (Fsp3) is 0.750. The number of ether oxygens (including phenoxy) is 1. The molecule has 0 spiro atoms. The molecule has 1 fully saturated rings. The van der Waals surface area contributed by atoms with E-state index >= 15 is 0 Å². The number of methoxy groups -OCH3 is 1. The van der Waals surface area contributed by atoms with E-state index in [2.05, 4.69) is 14.5 Å². The van der Waals surface area contributed by atoms with Crippen molar-refractivity contribution in [1.82, 2.24) is 14.5 Å². The van der Waals surface area contributed by atoms with Crippen molar-refractivity contribution in [3.63, 3.8) is 0 Å². The highest BCUT2D eigenvalue weighted by Crippen LogP contribution is 2.26. The van der Waals surface area contributed by atoms with Crippen molar-refractivity contribution in [2.45, 2.75) is 12.5 Å². The Morgan fingerprint density at radius 2 is 2.47 bits per heavy atom. The molecule has 1 aromatic heterocycles. The molecule has 1 aliphatic rings. The number of hydrogen-bond donors (Lipinski definition) is 1. The third-order valence-corrected chi connectivity index (χ3v) is 3.58. The summed E-state index contributed by atoms with van der Waals surface area (Å²) in [7, 11) is 3.79. The Kier molecular flexibility index (Phi) is 4.15. The molecule has 0 aliphatic carbocycles. The van der Waals surface area contributed by atoms with Gasteiger partial charge in [-0.3, -0.25) is 4.90 Å². The van der Waals surface area contributed by atoms with Crippen molar-refractivity contribution in [2.75, 3.05) is 33.4 Å². The van der Waals surface area contributed by atoms with E-state index in [1.165, 1.54) is 12.1 Å². The molecule has 0 radical (unpaired) electrons. The maximum absolute atomic E-state index is 5.92. The lowest BCUT2D eigenvalue weighted by Gasteiger charge is -2.26. The van der Waals surface area contributed by atoms with Gasteiger partial charge < -0.3 is 15.0 Å². The Hall–Kier alpha value is -0.910. The first kappa shape index (κ1) is 12.5. The normalized spacial score (nSPS) is 23.1. The number of rotatable bonds is 5. The smallest absolute Gasteiger partial charge is 0.0946 e. The van der Waals surface area contributed by atoms with Crippen LogP contribution in [-0.2, 0) is 11.8 Å². The van der Waals surface area contributed by atoms with Gasteiger partial charge in [-0.25, -0.2) is 4.98 Å². The van der Waals surface area contributed by atoms with Gasteiger partial charge >= 0.3 is 0 Å². The molecule has 2 N–H and O–H groups in total. The largest absolute Gasteiger partial charge is 0.384 e. The topological polar surface area (TPSA) is 56.3 Å². The van der Waals surface area contributed by atoms with Crippen molar-refractivity contribution in [1.29, 1.82) is 0 Å². The van der Waals surface area contributed by atoms with E-state index in [4.69, 9.17) is 10.5 Å². The molecule has 5 nitrogen and oxygen atoms in total. The maximum Gasteiger partial charge on any atom is 0.0946 e. The van der Waals surface area contributed by atoms with E-state index < -0.39 is 0 Å². The minimum absolute atomic E-state index is 0.282.